The summed E-state index contributed by atoms with van der Waals surface area (Å²) < 4.78 is 49.8. The van der Waals surface area contributed by atoms with Crippen LogP contribution in [0.15, 0.2) is 84.9 Å². The third-order valence-electron chi connectivity index (χ3n) is 13.7. The maximum Gasteiger partial charge on any atom is 0.318 e. The van der Waals surface area contributed by atoms with E-state index in [1.165, 1.54) is 50.2 Å². The minimum Gasteiger partial charge on any atom is -0.492 e. The number of carbonyl (C=O) groups excluding carboxylic acids is 3. The zero-order valence-corrected chi connectivity index (χ0v) is 41.8. The predicted octanol–water partition coefficient (Wildman–Crippen LogP) is 8.12. The standard InChI is InChI=1S/C28H32ClFN4O4.C26H29ClFN3O3/c1-31-28(36)32-25-11-24(29)26(38-15-19-2-3-19)10-20(25)6-9-27(35)34-22-13-33(14-23(34)17-37-16-22)12-18-4-7-21(30)8-5-18;27-23-10-24(29)19(9-25(23)34-14-18-1-2-18)5-8-26(32)31-21-12-30(13-22(31)16-33-15-21)11-17-3-6-20(28)7-4-17/h4-11,19,22-23H,2-3,12-17H2,1H3,(H2,31,32,36);3-10,18,21-22H,1-2,11-16,29H2/b9-6+;8-5+. The monoisotopic (exact) mass is 1030 g/mol. The van der Waals surface area contributed by atoms with Crippen LogP contribution in [0, 0.1) is 23.5 Å². The molecule has 6 fully saturated rings. The highest BCUT2D eigenvalue weighted by atomic mass is 35.5. The molecule has 2 aliphatic carbocycles. The number of nitrogens with two attached hydrogens (primary N) is 1. The van der Waals surface area contributed by atoms with Crippen molar-refractivity contribution in [1.29, 1.82) is 0 Å². The second kappa shape index (κ2) is 23.4. The maximum atomic E-state index is 13.4. The molecule has 0 radical (unpaired) electrons. The van der Waals surface area contributed by atoms with E-state index in [-0.39, 0.29) is 47.6 Å². The third-order valence-corrected chi connectivity index (χ3v) is 14.3. The number of halogens is 4. The van der Waals surface area contributed by atoms with Crippen LogP contribution in [0.1, 0.15) is 47.9 Å². The summed E-state index contributed by atoms with van der Waals surface area (Å²) in [6.45, 7) is 7.30. The first-order chi connectivity index (χ1) is 34.8. The fraction of sp³-hybridized carbons (Fsp3) is 0.426. The Hall–Kier alpha value is -5.75. The van der Waals surface area contributed by atoms with Gasteiger partial charge in [0, 0.05) is 75.3 Å². The van der Waals surface area contributed by atoms with Crippen molar-refractivity contribution in [3.63, 3.8) is 0 Å². The number of hydrogen-bond donors (Lipinski definition) is 3. The zero-order chi connectivity index (χ0) is 50.3. The SMILES string of the molecule is CNC(=O)Nc1cc(Cl)c(OCC2CC2)cc1/C=C/C(=O)N1C2COCC1CN(Cc1ccc(F)cc1)C2.Nc1cc(Cl)c(OCC2CC2)cc1/C=C/C(=O)N1C2COCC1CN(Cc1ccc(F)cc1)C2. The molecular weight excluding hydrogens is 968 g/mol. The van der Waals surface area contributed by atoms with E-state index in [2.05, 4.69) is 20.4 Å². The van der Waals surface area contributed by atoms with Gasteiger partial charge in [-0.25, -0.2) is 13.6 Å². The molecule has 18 heteroatoms. The van der Waals surface area contributed by atoms with E-state index < -0.39 is 6.03 Å². The lowest BCUT2D eigenvalue weighted by Crippen LogP contribution is -2.65. The topological polar surface area (TPSA) is 151 Å². The summed E-state index contributed by atoms with van der Waals surface area (Å²) in [4.78, 5) is 47.0. The van der Waals surface area contributed by atoms with Crippen LogP contribution in [0.25, 0.3) is 12.2 Å². The highest BCUT2D eigenvalue weighted by Crippen LogP contribution is 2.37. The Kier molecular flexibility index (Phi) is 16.6. The molecule has 4 atom stereocenters. The number of nitrogens with zero attached hydrogens (tertiary/aromatic N) is 4. The van der Waals surface area contributed by atoms with Crippen molar-refractivity contribution in [1.82, 2.24) is 24.9 Å². The Morgan fingerprint density at radius 1 is 0.653 bits per heavy atom. The quantitative estimate of drug-likeness (QED) is 0.0787. The minimum absolute atomic E-state index is 0.0369. The van der Waals surface area contributed by atoms with Crippen molar-refractivity contribution in [2.24, 2.45) is 11.8 Å². The predicted molar refractivity (Wildman–Crippen MR) is 274 cm³/mol. The molecular formula is C54H61Cl2F2N7O7. The maximum absolute atomic E-state index is 13.4. The van der Waals surface area contributed by atoms with Crippen LogP contribution in [0.3, 0.4) is 0 Å². The van der Waals surface area contributed by atoms with E-state index in [1.54, 1.807) is 66.8 Å². The van der Waals surface area contributed by atoms with E-state index in [9.17, 15) is 23.2 Å². The van der Waals surface area contributed by atoms with Gasteiger partial charge in [-0.1, -0.05) is 47.5 Å². The molecule has 72 heavy (non-hydrogen) atoms. The lowest BCUT2D eigenvalue weighted by Gasteiger charge is -2.49. The molecule has 0 aromatic heterocycles. The van der Waals surface area contributed by atoms with Gasteiger partial charge in [-0.15, -0.1) is 0 Å². The van der Waals surface area contributed by atoms with Crippen LogP contribution in [0.5, 0.6) is 11.5 Å². The summed E-state index contributed by atoms with van der Waals surface area (Å²) in [7, 11) is 1.53. The Morgan fingerprint density at radius 3 is 1.50 bits per heavy atom. The normalized spacial score (nSPS) is 22.1. The summed E-state index contributed by atoms with van der Waals surface area (Å²) in [6.07, 6.45) is 11.2. The fourth-order valence-corrected chi connectivity index (χ4v) is 10.0. The summed E-state index contributed by atoms with van der Waals surface area (Å²) >= 11 is 12.7. The number of ether oxygens (including phenoxy) is 4. The Morgan fingerprint density at radius 2 is 1.07 bits per heavy atom. The van der Waals surface area contributed by atoms with Crippen molar-refractivity contribution >= 4 is 64.6 Å². The first-order valence-corrected chi connectivity index (χ1v) is 25.4. The molecule has 6 aliphatic rings. The molecule has 4 saturated heterocycles. The molecule has 4 aliphatic heterocycles. The van der Waals surface area contributed by atoms with Crippen LogP contribution < -0.4 is 25.8 Å². The fourth-order valence-electron chi connectivity index (χ4n) is 9.60. The number of amides is 4. The molecule has 4 aromatic carbocycles. The summed E-state index contributed by atoms with van der Waals surface area (Å²) in [5.74, 6) is 1.61. The van der Waals surface area contributed by atoms with Crippen LogP contribution in [0.4, 0.5) is 25.0 Å². The highest BCUT2D eigenvalue weighted by molar-refractivity contribution is 6.33. The van der Waals surface area contributed by atoms with Gasteiger partial charge in [0.05, 0.1) is 79.5 Å². The van der Waals surface area contributed by atoms with Gasteiger partial charge in [-0.2, -0.15) is 0 Å². The third kappa shape index (κ3) is 13.4. The Balaban J connectivity index is 0.000000179. The van der Waals surface area contributed by atoms with E-state index in [0.717, 1.165) is 30.5 Å². The molecule has 14 nitrogen and oxygen atoms in total. The Labute approximate surface area is 428 Å². The van der Waals surface area contributed by atoms with E-state index >= 15 is 0 Å². The highest BCUT2D eigenvalue weighted by Gasteiger charge is 2.41. The average molecular weight is 1030 g/mol. The summed E-state index contributed by atoms with van der Waals surface area (Å²) in [6, 6.07) is 19.3. The van der Waals surface area contributed by atoms with Gasteiger partial charge >= 0.3 is 6.03 Å². The van der Waals surface area contributed by atoms with Gasteiger partial charge in [-0.05, 0) is 109 Å². The van der Waals surface area contributed by atoms with Gasteiger partial charge in [-0.3, -0.25) is 19.4 Å². The molecule has 4 unspecified atom stereocenters. The first kappa shape index (κ1) is 51.2. The largest absolute Gasteiger partial charge is 0.492 e. The van der Waals surface area contributed by atoms with Crippen molar-refractivity contribution < 1.29 is 42.1 Å². The van der Waals surface area contributed by atoms with Crippen LogP contribution in [-0.4, -0.2) is 134 Å². The van der Waals surface area contributed by atoms with Crippen LogP contribution in [0.2, 0.25) is 10.0 Å². The van der Waals surface area contributed by atoms with Crippen LogP contribution in [-0.2, 0) is 32.2 Å². The van der Waals surface area contributed by atoms with Gasteiger partial charge in [0.25, 0.3) is 0 Å². The molecule has 4 amide bonds. The number of anilines is 2. The second-order valence-corrected chi connectivity index (χ2v) is 20.3. The molecule has 4 bridgehead atoms. The average Bonchev–Trinajstić information content (AvgIpc) is 4.31. The first-order valence-electron chi connectivity index (χ1n) is 24.6. The second-order valence-electron chi connectivity index (χ2n) is 19.5. The van der Waals surface area contributed by atoms with E-state index in [0.29, 0.717) is 128 Å². The van der Waals surface area contributed by atoms with Crippen molar-refractivity contribution in [2.45, 2.75) is 62.9 Å². The van der Waals surface area contributed by atoms with Gasteiger partial charge in [0.15, 0.2) is 0 Å². The zero-order valence-electron chi connectivity index (χ0n) is 40.3. The number of hydrogen-bond acceptors (Lipinski definition) is 10. The molecule has 4 aromatic rings. The number of morpholine rings is 2. The number of piperazine rings is 2. The number of fused-ring (bicyclic) bond motifs is 4. The van der Waals surface area contributed by atoms with E-state index in [4.69, 9.17) is 47.9 Å². The number of nitrogens with one attached hydrogen (secondary N) is 2. The lowest BCUT2D eigenvalue weighted by molar-refractivity contribution is -0.150. The smallest absolute Gasteiger partial charge is 0.318 e. The van der Waals surface area contributed by atoms with Crippen molar-refractivity contribution in [3.05, 3.63) is 129 Å². The number of urea groups is 1. The van der Waals surface area contributed by atoms with E-state index in [1.807, 2.05) is 9.80 Å². The summed E-state index contributed by atoms with van der Waals surface area (Å²) in [5.41, 5.74) is 10.5. The lowest BCUT2D eigenvalue weighted by atomic mass is 10.0. The molecule has 10 rings (SSSR count). The van der Waals surface area contributed by atoms with Gasteiger partial charge in [0.1, 0.15) is 23.1 Å². The van der Waals surface area contributed by atoms with Gasteiger partial charge < -0.3 is 45.1 Å². The van der Waals surface area contributed by atoms with Crippen molar-refractivity contribution in [2.75, 3.05) is 83.9 Å². The molecule has 382 valence electrons. The molecule has 4 N–H and O–H groups in total. The molecule has 4 heterocycles. The van der Waals surface area contributed by atoms with Gasteiger partial charge in [0.2, 0.25) is 11.8 Å². The van der Waals surface area contributed by atoms with Crippen LogP contribution >= 0.6 is 23.2 Å². The number of rotatable bonds is 15. The Bertz CT molecular complexity index is 2610. The minimum atomic E-state index is -0.391. The molecule has 0 spiro atoms. The number of benzene rings is 4. The molecule has 2 saturated carbocycles. The summed E-state index contributed by atoms with van der Waals surface area (Å²) in [5, 5.41) is 6.17. The van der Waals surface area contributed by atoms with Crippen molar-refractivity contribution in [3.8, 4) is 11.5 Å². The number of nitrogen functional groups attached to an aromatic ring is 1. The number of carbonyl (C=O) groups is 3.